The van der Waals surface area contributed by atoms with Crippen molar-refractivity contribution in [2.24, 2.45) is 0 Å². The first-order valence-electron chi connectivity index (χ1n) is 10.4. The fourth-order valence-electron chi connectivity index (χ4n) is 2.73. The molecule has 0 bridgehead atoms. The molecule has 0 saturated heterocycles. The number of carbonyl (C=O) groups excluding carboxylic acids is 3. The molecular formula is C20H27F6O8-. The van der Waals surface area contributed by atoms with Gasteiger partial charge in [-0.05, 0) is 12.8 Å². The van der Waals surface area contributed by atoms with Crippen LogP contribution in [0.1, 0.15) is 58.8 Å². The van der Waals surface area contributed by atoms with Crippen LogP contribution >= 0.6 is 0 Å². The molecule has 0 saturated carbocycles. The zero-order valence-corrected chi connectivity index (χ0v) is 18.6. The number of aliphatic carboxylic acids is 1. The van der Waals surface area contributed by atoms with Gasteiger partial charge < -0.3 is 19.4 Å². The molecule has 0 spiro atoms. The third kappa shape index (κ3) is 17.2. The van der Waals surface area contributed by atoms with Crippen molar-refractivity contribution in [1.82, 2.24) is 0 Å². The predicted molar refractivity (Wildman–Crippen MR) is 101 cm³/mol. The molecule has 2 unspecified atom stereocenters. The molecule has 14 heteroatoms. The summed E-state index contributed by atoms with van der Waals surface area (Å²) in [6.45, 7) is 2.16. The number of halogens is 6. The van der Waals surface area contributed by atoms with Crippen molar-refractivity contribution in [1.29, 1.82) is 0 Å². The SMILES string of the molecule is CCCC(CCOC(=O)/C=C(/CC(=O)[O-])C(=O)OCCC(CCC)OC(F)(F)F)OC(F)(F)F. The molecule has 0 aromatic carbocycles. The second-order valence-corrected chi connectivity index (χ2v) is 7.05. The van der Waals surface area contributed by atoms with Crippen LogP contribution < -0.4 is 5.11 Å². The van der Waals surface area contributed by atoms with Crippen molar-refractivity contribution >= 4 is 17.9 Å². The van der Waals surface area contributed by atoms with Gasteiger partial charge in [0, 0.05) is 36.9 Å². The lowest BCUT2D eigenvalue weighted by Crippen LogP contribution is -2.27. The van der Waals surface area contributed by atoms with E-state index in [2.05, 4.69) is 9.47 Å². The summed E-state index contributed by atoms with van der Waals surface area (Å²) in [7, 11) is 0. The quantitative estimate of drug-likeness (QED) is 0.177. The molecule has 0 aliphatic heterocycles. The number of rotatable bonds is 16. The van der Waals surface area contributed by atoms with Crippen LogP contribution in [0.4, 0.5) is 26.3 Å². The van der Waals surface area contributed by atoms with E-state index in [9.17, 15) is 45.8 Å². The summed E-state index contributed by atoms with van der Waals surface area (Å²) < 4.78 is 91.4. The minimum absolute atomic E-state index is 0.0161. The number of carboxylic acid groups (broad SMARTS) is 1. The second kappa shape index (κ2) is 15.5. The molecule has 0 amide bonds. The number of carboxylic acids is 1. The van der Waals surface area contributed by atoms with Crippen molar-refractivity contribution in [3.05, 3.63) is 11.6 Å². The topological polar surface area (TPSA) is 111 Å². The second-order valence-electron chi connectivity index (χ2n) is 7.05. The monoisotopic (exact) mass is 509 g/mol. The predicted octanol–water partition coefficient (Wildman–Crippen LogP) is 3.33. The Balaban J connectivity index is 4.91. The number of esters is 2. The smallest absolute Gasteiger partial charge is 0.522 e. The Morgan fingerprint density at radius 2 is 1.24 bits per heavy atom. The Morgan fingerprint density at radius 1 is 0.794 bits per heavy atom. The van der Waals surface area contributed by atoms with Gasteiger partial charge in [-0.15, -0.1) is 26.3 Å². The summed E-state index contributed by atoms with van der Waals surface area (Å²) in [6, 6.07) is 0. The maximum atomic E-state index is 12.4. The normalized spacial score (nSPS) is 14.4. The lowest BCUT2D eigenvalue weighted by molar-refractivity contribution is -0.345. The van der Waals surface area contributed by atoms with Gasteiger partial charge in [-0.25, -0.2) is 9.59 Å². The molecule has 0 rings (SSSR count). The van der Waals surface area contributed by atoms with Gasteiger partial charge in [-0.2, -0.15) is 0 Å². The third-order valence-corrected chi connectivity index (χ3v) is 4.07. The van der Waals surface area contributed by atoms with E-state index in [1.54, 1.807) is 13.8 Å². The lowest BCUT2D eigenvalue weighted by atomic mass is 10.1. The number of alkyl halides is 6. The molecular weight excluding hydrogens is 482 g/mol. The standard InChI is InChI=1S/C20H28F6O8/c1-3-5-14(33-19(21,22)23)7-9-31-17(29)12-13(11-16(27)28)18(30)32-10-8-15(6-4-2)34-20(24,25)26/h12,14-15H,3-11H2,1-2H3,(H,27,28)/p-1/b13-12-. The van der Waals surface area contributed by atoms with E-state index in [1.807, 2.05) is 0 Å². The number of ether oxygens (including phenoxy) is 4. The summed E-state index contributed by atoms with van der Waals surface area (Å²) in [4.78, 5) is 34.8. The largest absolute Gasteiger partial charge is 0.550 e. The van der Waals surface area contributed by atoms with E-state index in [1.165, 1.54) is 0 Å². The number of hydrogen-bond donors (Lipinski definition) is 0. The van der Waals surface area contributed by atoms with Crippen molar-refractivity contribution in [3.63, 3.8) is 0 Å². The maximum absolute atomic E-state index is 12.4. The molecule has 2 atom stereocenters. The Kier molecular flexibility index (Phi) is 14.5. The van der Waals surface area contributed by atoms with Crippen LogP contribution in [0.25, 0.3) is 0 Å². The van der Waals surface area contributed by atoms with Gasteiger partial charge in [-0.1, -0.05) is 26.7 Å². The summed E-state index contributed by atoms with van der Waals surface area (Å²) in [5, 5.41) is 10.8. The first kappa shape index (κ1) is 31.6. The van der Waals surface area contributed by atoms with Crippen LogP contribution in [0.15, 0.2) is 11.6 Å². The molecule has 0 aliphatic carbocycles. The fourth-order valence-corrected chi connectivity index (χ4v) is 2.73. The molecule has 0 heterocycles. The molecule has 198 valence electrons. The molecule has 0 fully saturated rings. The van der Waals surface area contributed by atoms with Gasteiger partial charge >= 0.3 is 24.7 Å². The van der Waals surface area contributed by atoms with Crippen LogP contribution in [-0.4, -0.2) is 56.1 Å². The van der Waals surface area contributed by atoms with Crippen LogP contribution in [0.2, 0.25) is 0 Å². The van der Waals surface area contributed by atoms with Crippen LogP contribution in [-0.2, 0) is 33.3 Å². The van der Waals surface area contributed by atoms with Crippen LogP contribution in [0.5, 0.6) is 0 Å². The first-order valence-corrected chi connectivity index (χ1v) is 10.4. The van der Waals surface area contributed by atoms with Gasteiger partial charge in [-0.3, -0.25) is 9.47 Å². The Hall–Kier alpha value is -2.35. The Labute approximate surface area is 192 Å². The average Bonchev–Trinajstić information content (AvgIpc) is 2.64. The van der Waals surface area contributed by atoms with Gasteiger partial charge in [0.25, 0.3) is 0 Å². The van der Waals surface area contributed by atoms with Gasteiger partial charge in [0.1, 0.15) is 0 Å². The van der Waals surface area contributed by atoms with Gasteiger partial charge in [0.15, 0.2) is 0 Å². The molecule has 34 heavy (non-hydrogen) atoms. The summed E-state index contributed by atoms with van der Waals surface area (Å²) in [5.41, 5.74) is -0.717. The van der Waals surface area contributed by atoms with E-state index in [4.69, 9.17) is 9.47 Å². The van der Waals surface area contributed by atoms with Crippen LogP contribution in [0, 0.1) is 0 Å². The number of carbonyl (C=O) groups is 3. The van der Waals surface area contributed by atoms with Gasteiger partial charge in [0.05, 0.1) is 25.4 Å². The van der Waals surface area contributed by atoms with E-state index in [0.29, 0.717) is 18.9 Å². The molecule has 0 radical (unpaired) electrons. The van der Waals surface area contributed by atoms with E-state index in [0.717, 1.165) is 0 Å². The van der Waals surface area contributed by atoms with E-state index >= 15 is 0 Å². The minimum Gasteiger partial charge on any atom is -0.550 e. The highest BCUT2D eigenvalue weighted by molar-refractivity contribution is 5.99. The van der Waals surface area contributed by atoms with Crippen molar-refractivity contribution in [2.75, 3.05) is 13.2 Å². The first-order chi connectivity index (χ1) is 15.7. The highest BCUT2D eigenvalue weighted by Gasteiger charge is 2.34. The molecule has 0 aliphatic rings. The highest BCUT2D eigenvalue weighted by atomic mass is 19.4. The summed E-state index contributed by atoms with van der Waals surface area (Å²) >= 11 is 0. The summed E-state index contributed by atoms with van der Waals surface area (Å²) in [5.74, 6) is -4.31. The number of hydrogen-bond acceptors (Lipinski definition) is 8. The Morgan fingerprint density at radius 3 is 1.62 bits per heavy atom. The zero-order chi connectivity index (χ0) is 26.4. The molecule has 0 aromatic heterocycles. The Bertz CT molecular complexity index is 675. The van der Waals surface area contributed by atoms with Crippen molar-refractivity contribution in [2.45, 2.75) is 83.7 Å². The average molecular weight is 509 g/mol. The maximum Gasteiger partial charge on any atom is 0.522 e. The molecule has 8 nitrogen and oxygen atoms in total. The molecule has 0 N–H and O–H groups in total. The highest BCUT2D eigenvalue weighted by Crippen LogP contribution is 2.23. The van der Waals surface area contributed by atoms with Crippen molar-refractivity contribution in [3.8, 4) is 0 Å². The van der Waals surface area contributed by atoms with E-state index < -0.39 is 68.0 Å². The summed E-state index contributed by atoms with van der Waals surface area (Å²) in [6.07, 6.45) is -12.8. The fraction of sp³-hybridized carbons (Fsp3) is 0.750. The van der Waals surface area contributed by atoms with Crippen LogP contribution in [0.3, 0.4) is 0 Å². The third-order valence-electron chi connectivity index (χ3n) is 4.07. The lowest BCUT2D eigenvalue weighted by Gasteiger charge is -2.19. The van der Waals surface area contributed by atoms with Crippen molar-refractivity contribution < 1.29 is 64.8 Å². The zero-order valence-electron chi connectivity index (χ0n) is 18.6. The van der Waals surface area contributed by atoms with Gasteiger partial charge in [0.2, 0.25) is 0 Å². The minimum atomic E-state index is -4.89. The molecule has 0 aromatic rings. The van der Waals surface area contributed by atoms with E-state index in [-0.39, 0.29) is 25.7 Å².